The topological polar surface area (TPSA) is 0 Å². The third-order valence-electron chi connectivity index (χ3n) is 12.9. The second-order valence-electron chi connectivity index (χ2n) is 15.1. The third-order valence-corrected chi connectivity index (χ3v) is 14.1. The van der Waals surface area contributed by atoms with Gasteiger partial charge in [0.25, 0.3) is 0 Å². The summed E-state index contributed by atoms with van der Waals surface area (Å²) in [5.74, 6) is 0.599. The van der Waals surface area contributed by atoms with Gasteiger partial charge in [-0.25, -0.2) is 0 Å². The van der Waals surface area contributed by atoms with Crippen molar-refractivity contribution in [1.29, 1.82) is 0 Å². The molecule has 5 aliphatic rings. The number of benzene rings is 8. The average Bonchev–Trinajstić information content (AvgIpc) is 3.80. The smallest absolute Gasteiger partial charge is 0.0400 e. The largest absolute Gasteiger partial charge is 0.135 e. The highest BCUT2D eigenvalue weighted by atomic mass is 32.1. The first-order chi connectivity index (χ1) is 24.7. The van der Waals surface area contributed by atoms with Crippen molar-refractivity contribution in [3.63, 3.8) is 0 Å². The Hall–Kier alpha value is -5.76. The summed E-state index contributed by atoms with van der Waals surface area (Å²) >= 11 is 1.97. The Morgan fingerprint density at radius 2 is 1.24 bits per heavy atom. The van der Waals surface area contributed by atoms with Gasteiger partial charge < -0.3 is 0 Å². The molecule has 9 aromatic rings. The molecule has 0 amide bonds. The van der Waals surface area contributed by atoms with Crippen molar-refractivity contribution in [2.45, 2.75) is 18.8 Å². The highest BCUT2D eigenvalue weighted by molar-refractivity contribution is 7.17. The molecule has 0 saturated carbocycles. The van der Waals surface area contributed by atoms with E-state index in [1.165, 1.54) is 135 Å². The molecule has 1 heterocycles. The Balaban J connectivity index is 1.18. The van der Waals surface area contributed by atoms with Crippen LogP contribution in [0.2, 0.25) is 0 Å². The Bertz CT molecular complexity index is 3430. The van der Waals surface area contributed by atoms with Gasteiger partial charge in [0.05, 0.1) is 0 Å². The minimum atomic E-state index is 0.288. The van der Waals surface area contributed by atoms with Crippen molar-refractivity contribution < 1.29 is 0 Å². The number of rotatable bonds is 0. The fourth-order valence-corrected chi connectivity index (χ4v) is 12.4. The van der Waals surface area contributed by atoms with E-state index in [1.807, 2.05) is 11.3 Å². The molecule has 0 nitrogen and oxygen atoms in total. The van der Waals surface area contributed by atoms with Gasteiger partial charge in [0.1, 0.15) is 0 Å². The van der Waals surface area contributed by atoms with E-state index in [0.29, 0.717) is 5.92 Å². The molecule has 0 saturated heterocycles. The summed E-state index contributed by atoms with van der Waals surface area (Å²) in [6.45, 7) is 2.22. The number of thiophene rings is 1. The lowest BCUT2D eigenvalue weighted by molar-refractivity contribution is 1.08. The summed E-state index contributed by atoms with van der Waals surface area (Å²) in [5.41, 5.74) is 15.8. The summed E-state index contributed by atoms with van der Waals surface area (Å²) in [7, 11) is 0. The summed E-state index contributed by atoms with van der Waals surface area (Å²) in [5, 5.41) is 16.9. The zero-order valence-corrected chi connectivity index (χ0v) is 28.0. The van der Waals surface area contributed by atoms with Crippen LogP contribution in [0.25, 0.3) is 104 Å². The van der Waals surface area contributed by atoms with Crippen LogP contribution < -0.4 is 9.75 Å². The number of allylic oxidation sites excluding steroid dienone is 3. The van der Waals surface area contributed by atoms with Gasteiger partial charge in [0, 0.05) is 31.7 Å². The van der Waals surface area contributed by atoms with Gasteiger partial charge in [-0.2, -0.15) is 0 Å². The fourth-order valence-electron chi connectivity index (χ4n) is 11.1. The van der Waals surface area contributed by atoms with Crippen molar-refractivity contribution in [2.75, 3.05) is 0 Å². The minimum Gasteiger partial charge on any atom is -0.135 e. The van der Waals surface area contributed by atoms with Crippen LogP contribution in [-0.4, -0.2) is 0 Å². The molecule has 0 N–H and O–H groups in total. The van der Waals surface area contributed by atoms with E-state index >= 15 is 0 Å². The molecular formula is C49H26S. The summed E-state index contributed by atoms with van der Waals surface area (Å²) in [6, 6.07) is 35.1. The first-order valence-corrected chi connectivity index (χ1v) is 18.7. The Labute approximate surface area is 291 Å². The van der Waals surface area contributed by atoms with Gasteiger partial charge in [-0.1, -0.05) is 127 Å². The van der Waals surface area contributed by atoms with E-state index in [1.54, 1.807) is 0 Å². The van der Waals surface area contributed by atoms with E-state index in [-0.39, 0.29) is 5.92 Å². The van der Waals surface area contributed by atoms with Crippen molar-refractivity contribution in [3.05, 3.63) is 158 Å². The average molecular weight is 647 g/mol. The second kappa shape index (κ2) is 8.16. The molecule has 14 rings (SSSR count). The molecule has 228 valence electrons. The van der Waals surface area contributed by atoms with Crippen LogP contribution in [0.4, 0.5) is 0 Å². The van der Waals surface area contributed by atoms with Gasteiger partial charge in [-0.05, 0) is 123 Å². The molecule has 50 heavy (non-hydrogen) atoms. The molecule has 0 aliphatic heterocycles. The maximum atomic E-state index is 2.49. The Morgan fingerprint density at radius 3 is 2.16 bits per heavy atom. The third kappa shape index (κ3) is 2.60. The molecular weight excluding hydrogens is 621 g/mol. The number of aryl methyl sites for hydroxylation is 1. The van der Waals surface area contributed by atoms with E-state index in [4.69, 9.17) is 0 Å². The zero-order chi connectivity index (χ0) is 32.1. The maximum absolute atomic E-state index is 2.49. The molecule has 0 bridgehead atoms. The number of fused-ring (bicyclic) bond motifs is 12. The Kier molecular flexibility index (Phi) is 4.12. The number of hydrogen-bond acceptors (Lipinski definition) is 1. The molecule has 5 aliphatic carbocycles. The maximum Gasteiger partial charge on any atom is 0.0400 e. The zero-order valence-electron chi connectivity index (χ0n) is 27.2. The fraction of sp³-hybridized carbons (Fsp3) is 0.0612. The standard InChI is InChI=1S/C49H26S/c1-23-12-13-24-27-16-18-34-43-28(14-15-30(40(27)43)38(24)22-23)25-7-4-10-33-41(25)45(34)32-9-5-8-26-29-17-19-36-47-37(21-20-35(44(29)47)46(33)42(26)32)49-48(36)31-6-2-3-11-39(31)50-49/h2-22,27,47H,1H3. The first-order valence-electron chi connectivity index (χ1n) is 17.8. The van der Waals surface area contributed by atoms with Crippen LogP contribution in [0.1, 0.15) is 50.8 Å². The number of hydrogen-bond donors (Lipinski definition) is 0. The van der Waals surface area contributed by atoms with Crippen LogP contribution in [0.5, 0.6) is 0 Å². The molecule has 8 aromatic carbocycles. The normalized spacial score (nSPS) is 18.6. The predicted molar refractivity (Wildman–Crippen MR) is 215 cm³/mol. The highest BCUT2D eigenvalue weighted by Gasteiger charge is 2.38. The van der Waals surface area contributed by atoms with Gasteiger partial charge in [0.2, 0.25) is 0 Å². The van der Waals surface area contributed by atoms with E-state index < -0.39 is 0 Å². The monoisotopic (exact) mass is 646 g/mol. The molecule has 1 aromatic heterocycles. The van der Waals surface area contributed by atoms with Crippen LogP contribution in [0.15, 0.2) is 109 Å². The van der Waals surface area contributed by atoms with Gasteiger partial charge in [-0.15, -0.1) is 11.3 Å². The van der Waals surface area contributed by atoms with Crippen LogP contribution in [0, 0.1) is 6.92 Å². The van der Waals surface area contributed by atoms with E-state index in [2.05, 4.69) is 134 Å². The minimum absolute atomic E-state index is 0.288. The molecule has 2 unspecified atom stereocenters. The molecule has 0 radical (unpaired) electrons. The molecule has 0 spiro atoms. The van der Waals surface area contributed by atoms with Gasteiger partial charge in [0.15, 0.2) is 0 Å². The van der Waals surface area contributed by atoms with Crippen LogP contribution in [-0.2, 0) is 0 Å². The van der Waals surface area contributed by atoms with Crippen molar-refractivity contribution in [2.24, 2.45) is 0 Å². The van der Waals surface area contributed by atoms with E-state index in [0.717, 1.165) is 0 Å². The van der Waals surface area contributed by atoms with Gasteiger partial charge in [-0.3, -0.25) is 0 Å². The van der Waals surface area contributed by atoms with Crippen LogP contribution in [0.3, 0.4) is 0 Å². The lowest BCUT2D eigenvalue weighted by atomic mass is 9.71. The van der Waals surface area contributed by atoms with Gasteiger partial charge >= 0.3 is 0 Å². The van der Waals surface area contributed by atoms with Crippen molar-refractivity contribution >= 4 is 105 Å². The van der Waals surface area contributed by atoms with Crippen molar-refractivity contribution in [3.8, 4) is 11.1 Å². The highest BCUT2D eigenvalue weighted by Crippen LogP contribution is 2.58. The molecule has 1 heteroatoms. The lowest BCUT2D eigenvalue weighted by Crippen LogP contribution is -2.17. The molecule has 2 atom stereocenters. The summed E-state index contributed by atoms with van der Waals surface area (Å²) in [6.07, 6.45) is 14.8. The first kappa shape index (κ1) is 25.2. The quantitative estimate of drug-likeness (QED) is 0.114. The van der Waals surface area contributed by atoms with E-state index in [9.17, 15) is 0 Å². The summed E-state index contributed by atoms with van der Waals surface area (Å²) < 4.78 is 2.85. The SMILES string of the molecule is Cc1ccc2c(c1)-c1ccc3c4c1C2C=Cc4c1c2cccc4c5c6c(c(c7cccc3c71)c42)C=CC1=c2sc3ccccc3c2=C(C=C5)C16. The Morgan fingerprint density at radius 1 is 0.500 bits per heavy atom. The van der Waals surface area contributed by atoms with Crippen LogP contribution >= 0.6 is 11.3 Å². The van der Waals surface area contributed by atoms with Crippen molar-refractivity contribution in [1.82, 2.24) is 0 Å². The lowest BCUT2D eigenvalue weighted by Gasteiger charge is -2.32. The predicted octanol–water partition coefficient (Wildman–Crippen LogP) is 11.7. The second-order valence-corrected chi connectivity index (χ2v) is 16.1. The molecule has 0 fully saturated rings. The summed E-state index contributed by atoms with van der Waals surface area (Å²) in [4.78, 5) is 0.